The number of hydrogen-bond acceptors (Lipinski definition) is 7. The van der Waals surface area contributed by atoms with Crippen LogP contribution in [0.1, 0.15) is 31.0 Å². The Kier molecular flexibility index (Phi) is 8.43. The predicted octanol–water partition coefficient (Wildman–Crippen LogP) is 3.63. The average molecular weight is 391 g/mol. The number of carbonyl (C=O) groups is 1. The van der Waals surface area contributed by atoms with Gasteiger partial charge in [-0.05, 0) is 49.2 Å². The van der Waals surface area contributed by atoms with Crippen LogP contribution < -0.4 is 5.43 Å². The maximum atomic E-state index is 11.9. The van der Waals surface area contributed by atoms with E-state index in [4.69, 9.17) is 0 Å². The Balaban J connectivity index is 1.81. The van der Waals surface area contributed by atoms with Gasteiger partial charge in [0.2, 0.25) is 5.91 Å². The van der Waals surface area contributed by atoms with Crippen LogP contribution in [0.4, 0.5) is 0 Å². The summed E-state index contributed by atoms with van der Waals surface area (Å²) in [5.74, 6) is 1.20. The van der Waals surface area contributed by atoms with E-state index in [1.54, 1.807) is 36.0 Å². The molecule has 1 heterocycles. The molecule has 0 radical (unpaired) electrons. The lowest BCUT2D eigenvalue weighted by molar-refractivity contribution is -0.118. The van der Waals surface area contributed by atoms with E-state index in [2.05, 4.69) is 27.4 Å². The first-order valence-corrected chi connectivity index (χ1v) is 10.3. The molecular formula is C18H22N4O2S2. The van der Waals surface area contributed by atoms with Gasteiger partial charge >= 0.3 is 0 Å². The number of amides is 1. The summed E-state index contributed by atoms with van der Waals surface area (Å²) in [4.78, 5) is 20.8. The van der Waals surface area contributed by atoms with Gasteiger partial charge in [-0.2, -0.15) is 5.10 Å². The number of aryl methyl sites for hydroxylation is 1. The first-order chi connectivity index (χ1) is 12.6. The first kappa shape index (κ1) is 20.3. The summed E-state index contributed by atoms with van der Waals surface area (Å²) in [5.41, 5.74) is 4.17. The van der Waals surface area contributed by atoms with Crippen molar-refractivity contribution in [2.45, 2.75) is 36.9 Å². The number of phenolic OH excluding ortho intramolecular Hbond substituents is 1. The first-order valence-electron chi connectivity index (χ1n) is 8.29. The lowest BCUT2D eigenvalue weighted by Crippen LogP contribution is -2.19. The third-order valence-corrected chi connectivity index (χ3v) is 5.03. The van der Waals surface area contributed by atoms with Crippen molar-refractivity contribution in [1.29, 1.82) is 0 Å². The molecule has 1 aromatic carbocycles. The molecule has 2 aromatic rings. The lowest BCUT2D eigenvalue weighted by Gasteiger charge is -2.05. The quantitative estimate of drug-likeness (QED) is 0.170. The number of thioether (sulfide) groups is 2. The zero-order valence-corrected chi connectivity index (χ0v) is 16.4. The van der Waals surface area contributed by atoms with E-state index in [-0.39, 0.29) is 17.4 Å². The standard InChI is InChI=1S/C18H22N4O2S2/c1-3-4-9-25-18-20-13(2)10-17(21-18)26-12-16(24)22-19-11-14-5-7-15(23)8-6-14/h5-8,10-11,23H,3-4,9,12H2,1-2H3,(H,22,24)/b19-11+. The fraction of sp³-hybridized carbons (Fsp3) is 0.333. The van der Waals surface area contributed by atoms with Gasteiger partial charge < -0.3 is 5.11 Å². The van der Waals surface area contributed by atoms with Gasteiger partial charge in [0.25, 0.3) is 0 Å². The molecule has 0 fully saturated rings. The van der Waals surface area contributed by atoms with Gasteiger partial charge in [-0.25, -0.2) is 15.4 Å². The van der Waals surface area contributed by atoms with Crippen LogP contribution in [0.2, 0.25) is 0 Å². The highest BCUT2D eigenvalue weighted by Crippen LogP contribution is 2.21. The summed E-state index contributed by atoms with van der Waals surface area (Å²) < 4.78 is 0. The van der Waals surface area contributed by atoms with Crippen LogP contribution in [0.25, 0.3) is 0 Å². The van der Waals surface area contributed by atoms with E-state index in [1.807, 2.05) is 13.0 Å². The number of benzene rings is 1. The number of nitrogens with zero attached hydrogens (tertiary/aromatic N) is 3. The molecule has 0 aliphatic carbocycles. The van der Waals surface area contributed by atoms with Gasteiger partial charge in [0.1, 0.15) is 10.8 Å². The summed E-state index contributed by atoms with van der Waals surface area (Å²) in [6.07, 6.45) is 3.80. The molecule has 0 unspecified atom stereocenters. The Labute approximate surface area is 161 Å². The van der Waals surface area contributed by atoms with Crippen LogP contribution in [0, 0.1) is 6.92 Å². The highest BCUT2D eigenvalue weighted by Gasteiger charge is 2.07. The maximum absolute atomic E-state index is 11.9. The normalized spacial score (nSPS) is 11.0. The van der Waals surface area contributed by atoms with Crippen LogP contribution >= 0.6 is 23.5 Å². The minimum Gasteiger partial charge on any atom is -0.508 e. The lowest BCUT2D eigenvalue weighted by atomic mass is 10.2. The molecule has 0 aliphatic rings. The third kappa shape index (κ3) is 7.45. The van der Waals surface area contributed by atoms with Crippen molar-refractivity contribution in [3.05, 3.63) is 41.6 Å². The van der Waals surface area contributed by atoms with Gasteiger partial charge in [-0.15, -0.1) is 0 Å². The number of unbranched alkanes of at least 4 members (excludes halogenated alkanes) is 1. The van der Waals surface area contributed by atoms with Crippen LogP contribution in [0.3, 0.4) is 0 Å². The number of rotatable bonds is 9. The van der Waals surface area contributed by atoms with E-state index in [0.717, 1.165) is 40.0 Å². The summed E-state index contributed by atoms with van der Waals surface area (Å²) in [6.45, 7) is 4.08. The molecule has 0 spiro atoms. The smallest absolute Gasteiger partial charge is 0.250 e. The summed E-state index contributed by atoms with van der Waals surface area (Å²) in [7, 11) is 0. The van der Waals surface area contributed by atoms with Crippen molar-refractivity contribution in [3.8, 4) is 5.75 Å². The van der Waals surface area contributed by atoms with Crippen LogP contribution in [0.15, 0.2) is 45.6 Å². The molecule has 0 aliphatic heterocycles. The van der Waals surface area contributed by atoms with Crippen molar-refractivity contribution in [1.82, 2.24) is 15.4 Å². The van der Waals surface area contributed by atoms with Crippen molar-refractivity contribution in [3.63, 3.8) is 0 Å². The molecule has 26 heavy (non-hydrogen) atoms. The van der Waals surface area contributed by atoms with E-state index < -0.39 is 0 Å². The molecule has 2 rings (SSSR count). The van der Waals surface area contributed by atoms with Crippen molar-refractivity contribution in [2.24, 2.45) is 5.10 Å². The number of carbonyl (C=O) groups excluding carboxylic acids is 1. The minimum atomic E-state index is -0.207. The molecule has 2 N–H and O–H groups in total. The van der Waals surface area contributed by atoms with E-state index in [0.29, 0.717) is 0 Å². The largest absolute Gasteiger partial charge is 0.508 e. The summed E-state index contributed by atoms with van der Waals surface area (Å²) >= 11 is 3.00. The van der Waals surface area contributed by atoms with E-state index >= 15 is 0 Å². The Bertz CT molecular complexity index is 751. The number of aromatic nitrogens is 2. The Morgan fingerprint density at radius 2 is 2.04 bits per heavy atom. The van der Waals surface area contributed by atoms with Gasteiger partial charge in [0.05, 0.1) is 12.0 Å². The molecule has 1 amide bonds. The number of phenols is 1. The number of nitrogens with one attached hydrogen (secondary N) is 1. The SMILES string of the molecule is CCCCSc1nc(C)cc(SCC(=O)N/N=C/c2ccc(O)cc2)n1. The van der Waals surface area contributed by atoms with Gasteiger partial charge in [0.15, 0.2) is 5.16 Å². The molecule has 138 valence electrons. The summed E-state index contributed by atoms with van der Waals surface area (Å²) in [6, 6.07) is 8.42. The van der Waals surface area contributed by atoms with Crippen LogP contribution in [-0.2, 0) is 4.79 Å². The number of hydrazone groups is 1. The minimum absolute atomic E-state index is 0.190. The molecule has 0 atom stereocenters. The van der Waals surface area contributed by atoms with Crippen LogP contribution in [-0.4, -0.2) is 38.7 Å². The second-order valence-corrected chi connectivity index (χ2v) is 7.56. The highest BCUT2D eigenvalue weighted by atomic mass is 32.2. The molecule has 1 aromatic heterocycles. The van der Waals surface area contributed by atoms with Gasteiger partial charge in [0, 0.05) is 11.4 Å². The summed E-state index contributed by atoms with van der Waals surface area (Å²) in [5, 5.41) is 14.7. The van der Waals surface area contributed by atoms with Crippen molar-refractivity contribution in [2.75, 3.05) is 11.5 Å². The monoisotopic (exact) mass is 390 g/mol. The van der Waals surface area contributed by atoms with Gasteiger partial charge in [-0.3, -0.25) is 4.79 Å². The fourth-order valence-electron chi connectivity index (χ4n) is 1.87. The maximum Gasteiger partial charge on any atom is 0.250 e. The average Bonchev–Trinajstić information content (AvgIpc) is 2.61. The van der Waals surface area contributed by atoms with Crippen molar-refractivity contribution < 1.29 is 9.90 Å². The molecule has 0 saturated heterocycles. The predicted molar refractivity (Wildman–Crippen MR) is 107 cm³/mol. The van der Waals surface area contributed by atoms with Crippen molar-refractivity contribution >= 4 is 35.6 Å². The zero-order valence-electron chi connectivity index (χ0n) is 14.8. The third-order valence-electron chi connectivity index (χ3n) is 3.19. The molecule has 8 heteroatoms. The molecule has 0 saturated carbocycles. The fourth-order valence-corrected chi connectivity index (χ4v) is 3.66. The molecule has 0 bridgehead atoms. The van der Waals surface area contributed by atoms with Gasteiger partial charge in [-0.1, -0.05) is 36.9 Å². The number of aromatic hydroxyl groups is 1. The number of hydrogen-bond donors (Lipinski definition) is 2. The van der Waals surface area contributed by atoms with E-state index in [9.17, 15) is 9.90 Å². The molecular weight excluding hydrogens is 368 g/mol. The second-order valence-electron chi connectivity index (χ2n) is 5.51. The Morgan fingerprint density at radius 1 is 1.27 bits per heavy atom. The second kappa shape index (κ2) is 10.8. The Hall–Kier alpha value is -2.06. The highest BCUT2D eigenvalue weighted by molar-refractivity contribution is 8.00. The zero-order chi connectivity index (χ0) is 18.8. The Morgan fingerprint density at radius 3 is 2.77 bits per heavy atom. The van der Waals surface area contributed by atoms with E-state index in [1.165, 1.54) is 18.0 Å². The molecule has 6 nitrogen and oxygen atoms in total. The topological polar surface area (TPSA) is 87.5 Å². The van der Waals surface area contributed by atoms with Crippen LogP contribution in [0.5, 0.6) is 5.75 Å².